The molecule has 1 amide bonds. The summed E-state index contributed by atoms with van der Waals surface area (Å²) in [6.07, 6.45) is 0.848. The maximum absolute atomic E-state index is 12.1. The third kappa shape index (κ3) is 2.93. The molecular weight excluding hydrogens is 242 g/mol. The first-order valence-electron chi connectivity index (χ1n) is 6.14. The lowest BCUT2D eigenvalue weighted by atomic mass is 10.1. The van der Waals surface area contributed by atoms with Crippen LogP contribution in [-0.4, -0.2) is 23.2 Å². The minimum absolute atomic E-state index is 0.201. The van der Waals surface area contributed by atoms with Crippen molar-refractivity contribution in [1.82, 2.24) is 10.2 Å². The number of aromatic nitrogens is 2. The summed E-state index contributed by atoms with van der Waals surface area (Å²) >= 11 is 0. The lowest BCUT2D eigenvalue weighted by Crippen LogP contribution is -2.12. The number of anilines is 1. The van der Waals surface area contributed by atoms with Crippen molar-refractivity contribution in [2.75, 3.05) is 12.4 Å². The average molecular weight is 259 g/mol. The van der Waals surface area contributed by atoms with E-state index in [-0.39, 0.29) is 5.91 Å². The molecule has 5 nitrogen and oxygen atoms in total. The van der Waals surface area contributed by atoms with Gasteiger partial charge < -0.3 is 10.1 Å². The number of nitrogens with one attached hydrogen (secondary N) is 2. The Morgan fingerprint density at radius 3 is 2.84 bits per heavy atom. The molecule has 0 radical (unpaired) electrons. The highest BCUT2D eigenvalue weighted by molar-refractivity contribution is 6.04. The van der Waals surface area contributed by atoms with Crippen molar-refractivity contribution in [3.05, 3.63) is 41.1 Å². The van der Waals surface area contributed by atoms with Crippen LogP contribution in [0.2, 0.25) is 0 Å². The highest BCUT2D eigenvalue weighted by Crippen LogP contribution is 2.19. The van der Waals surface area contributed by atoms with E-state index in [1.165, 1.54) is 0 Å². The normalized spacial score (nSPS) is 10.3. The summed E-state index contributed by atoms with van der Waals surface area (Å²) in [4.78, 5) is 12.1. The van der Waals surface area contributed by atoms with Gasteiger partial charge in [0, 0.05) is 17.3 Å². The summed E-state index contributed by atoms with van der Waals surface area (Å²) in [5.41, 5.74) is 2.52. The van der Waals surface area contributed by atoms with Gasteiger partial charge in [0.05, 0.1) is 7.11 Å². The first kappa shape index (κ1) is 13.1. The minimum atomic E-state index is -0.201. The molecule has 1 heterocycles. The second kappa shape index (κ2) is 5.56. The third-order valence-electron chi connectivity index (χ3n) is 2.92. The van der Waals surface area contributed by atoms with Crippen molar-refractivity contribution < 1.29 is 9.53 Å². The molecule has 0 aliphatic rings. The topological polar surface area (TPSA) is 67.0 Å². The molecule has 2 rings (SSSR count). The second-order valence-corrected chi connectivity index (χ2v) is 4.27. The number of carbonyl (C=O) groups excluding carboxylic acids is 1. The van der Waals surface area contributed by atoms with E-state index in [2.05, 4.69) is 15.5 Å². The van der Waals surface area contributed by atoms with Gasteiger partial charge in [-0.15, -0.1) is 0 Å². The second-order valence-electron chi connectivity index (χ2n) is 4.27. The molecule has 0 atom stereocenters. The molecule has 5 heteroatoms. The molecule has 19 heavy (non-hydrogen) atoms. The zero-order chi connectivity index (χ0) is 13.8. The Labute approximate surface area is 112 Å². The lowest BCUT2D eigenvalue weighted by Gasteiger charge is -2.07. The number of carbonyl (C=O) groups is 1. The van der Waals surface area contributed by atoms with Gasteiger partial charge in [-0.25, -0.2) is 0 Å². The lowest BCUT2D eigenvalue weighted by molar-refractivity contribution is 0.102. The molecule has 0 aliphatic carbocycles. The number of ether oxygens (including phenoxy) is 1. The number of benzene rings is 1. The van der Waals surface area contributed by atoms with E-state index < -0.39 is 0 Å². The molecule has 0 saturated carbocycles. The third-order valence-corrected chi connectivity index (χ3v) is 2.92. The fourth-order valence-corrected chi connectivity index (χ4v) is 1.76. The number of aryl methyl sites for hydroxylation is 2. The molecule has 0 spiro atoms. The van der Waals surface area contributed by atoms with E-state index in [0.717, 1.165) is 17.7 Å². The van der Waals surface area contributed by atoms with Crippen molar-refractivity contribution in [3.8, 4) is 5.75 Å². The SMILES string of the molecule is CCc1cc(NC(=O)c2ccc(C)c(OC)c2)n[nH]1. The van der Waals surface area contributed by atoms with Crippen LogP contribution in [0.3, 0.4) is 0 Å². The molecular formula is C14H17N3O2. The van der Waals surface area contributed by atoms with Crippen LogP contribution in [0.1, 0.15) is 28.5 Å². The number of hydrogen-bond donors (Lipinski definition) is 2. The number of rotatable bonds is 4. The summed E-state index contributed by atoms with van der Waals surface area (Å²) in [7, 11) is 1.59. The van der Waals surface area contributed by atoms with E-state index in [9.17, 15) is 4.79 Å². The molecule has 0 fully saturated rings. The number of methoxy groups -OCH3 is 1. The van der Waals surface area contributed by atoms with Crippen molar-refractivity contribution in [2.45, 2.75) is 20.3 Å². The average Bonchev–Trinajstić information content (AvgIpc) is 2.86. The molecule has 1 aromatic heterocycles. The Hall–Kier alpha value is -2.30. The molecule has 1 aromatic carbocycles. The molecule has 2 aromatic rings. The monoisotopic (exact) mass is 259 g/mol. The Kier molecular flexibility index (Phi) is 3.85. The summed E-state index contributed by atoms with van der Waals surface area (Å²) < 4.78 is 5.21. The summed E-state index contributed by atoms with van der Waals surface area (Å²) in [5, 5.41) is 9.63. The van der Waals surface area contributed by atoms with Crippen LogP contribution in [0.4, 0.5) is 5.82 Å². The summed E-state index contributed by atoms with van der Waals surface area (Å²) in [5.74, 6) is 1.03. The van der Waals surface area contributed by atoms with Crippen LogP contribution in [0.25, 0.3) is 0 Å². The van der Waals surface area contributed by atoms with E-state index in [1.54, 1.807) is 19.2 Å². The van der Waals surface area contributed by atoms with Crippen LogP contribution in [0.15, 0.2) is 24.3 Å². The Morgan fingerprint density at radius 1 is 1.42 bits per heavy atom. The van der Waals surface area contributed by atoms with Gasteiger partial charge in [0.25, 0.3) is 5.91 Å². The van der Waals surface area contributed by atoms with Crippen LogP contribution in [0, 0.1) is 6.92 Å². The largest absolute Gasteiger partial charge is 0.496 e. The number of hydrogen-bond acceptors (Lipinski definition) is 3. The Balaban J connectivity index is 2.15. The summed E-state index contributed by atoms with van der Waals surface area (Å²) in [6, 6.07) is 7.16. The van der Waals surface area contributed by atoms with Gasteiger partial charge in [0.1, 0.15) is 5.75 Å². The van der Waals surface area contributed by atoms with Crippen LogP contribution < -0.4 is 10.1 Å². The molecule has 0 bridgehead atoms. The first-order valence-corrected chi connectivity index (χ1v) is 6.14. The Bertz CT molecular complexity index is 590. The number of nitrogens with zero attached hydrogens (tertiary/aromatic N) is 1. The van der Waals surface area contributed by atoms with Crippen molar-refractivity contribution in [3.63, 3.8) is 0 Å². The quantitative estimate of drug-likeness (QED) is 0.886. The van der Waals surface area contributed by atoms with E-state index in [4.69, 9.17) is 4.74 Å². The standard InChI is InChI=1S/C14H17N3O2/c1-4-11-8-13(17-16-11)15-14(18)10-6-5-9(2)12(7-10)19-3/h5-8H,4H2,1-3H3,(H2,15,16,17,18). The molecule has 0 saturated heterocycles. The van der Waals surface area contributed by atoms with Gasteiger partial charge in [-0.3, -0.25) is 9.89 Å². The number of aromatic amines is 1. The molecule has 2 N–H and O–H groups in total. The van der Waals surface area contributed by atoms with E-state index in [1.807, 2.05) is 26.0 Å². The molecule has 0 aliphatic heterocycles. The van der Waals surface area contributed by atoms with E-state index in [0.29, 0.717) is 17.1 Å². The zero-order valence-corrected chi connectivity index (χ0v) is 11.3. The Morgan fingerprint density at radius 2 is 2.21 bits per heavy atom. The van der Waals surface area contributed by atoms with Gasteiger partial charge in [-0.1, -0.05) is 13.0 Å². The maximum Gasteiger partial charge on any atom is 0.256 e. The minimum Gasteiger partial charge on any atom is -0.496 e. The van der Waals surface area contributed by atoms with Crippen LogP contribution >= 0.6 is 0 Å². The first-order chi connectivity index (χ1) is 9.13. The molecule has 0 unspecified atom stereocenters. The number of H-pyrrole nitrogens is 1. The fraction of sp³-hybridized carbons (Fsp3) is 0.286. The molecule has 100 valence electrons. The smallest absolute Gasteiger partial charge is 0.256 e. The van der Waals surface area contributed by atoms with Gasteiger partial charge >= 0.3 is 0 Å². The van der Waals surface area contributed by atoms with Gasteiger partial charge in [-0.2, -0.15) is 5.10 Å². The van der Waals surface area contributed by atoms with Gasteiger partial charge in [-0.05, 0) is 31.0 Å². The van der Waals surface area contributed by atoms with Crippen LogP contribution in [0.5, 0.6) is 5.75 Å². The maximum atomic E-state index is 12.1. The summed E-state index contributed by atoms with van der Waals surface area (Å²) in [6.45, 7) is 3.95. The zero-order valence-electron chi connectivity index (χ0n) is 11.3. The van der Waals surface area contributed by atoms with Crippen molar-refractivity contribution in [2.24, 2.45) is 0 Å². The van der Waals surface area contributed by atoms with Gasteiger partial charge in [0.15, 0.2) is 5.82 Å². The van der Waals surface area contributed by atoms with E-state index >= 15 is 0 Å². The predicted molar refractivity (Wildman–Crippen MR) is 73.6 cm³/mol. The highest BCUT2D eigenvalue weighted by Gasteiger charge is 2.10. The fourth-order valence-electron chi connectivity index (χ4n) is 1.76. The van der Waals surface area contributed by atoms with Crippen LogP contribution in [-0.2, 0) is 6.42 Å². The van der Waals surface area contributed by atoms with Gasteiger partial charge in [0.2, 0.25) is 0 Å². The highest BCUT2D eigenvalue weighted by atomic mass is 16.5. The predicted octanol–water partition coefficient (Wildman–Crippen LogP) is 2.54. The van der Waals surface area contributed by atoms with Crippen molar-refractivity contribution in [1.29, 1.82) is 0 Å². The van der Waals surface area contributed by atoms with Crippen molar-refractivity contribution >= 4 is 11.7 Å². The number of amides is 1.